The minimum atomic E-state index is -0.742. The number of benzene rings is 2. The molecule has 4 aromatic rings. The van der Waals surface area contributed by atoms with E-state index in [1.54, 1.807) is 38.3 Å². The molecule has 30 heavy (non-hydrogen) atoms. The molecule has 2 aromatic heterocycles. The fourth-order valence-corrected chi connectivity index (χ4v) is 4.14. The third-order valence-corrected chi connectivity index (χ3v) is 5.97. The average molecular weight is 440 g/mol. The smallest absolute Gasteiger partial charge is 0.263 e. The van der Waals surface area contributed by atoms with Crippen LogP contribution in [-0.4, -0.2) is 22.6 Å². The van der Waals surface area contributed by atoms with Gasteiger partial charge in [0.05, 0.1) is 18.8 Å². The highest BCUT2D eigenvalue weighted by molar-refractivity contribution is 7.17. The van der Waals surface area contributed by atoms with E-state index in [1.807, 2.05) is 29.6 Å². The monoisotopic (exact) mass is 439 g/mol. The van der Waals surface area contributed by atoms with Gasteiger partial charge in [-0.1, -0.05) is 23.7 Å². The molecule has 0 aliphatic heterocycles. The summed E-state index contributed by atoms with van der Waals surface area (Å²) in [4.78, 5) is 31.0. The first-order valence-electron chi connectivity index (χ1n) is 9.17. The molecule has 0 aliphatic carbocycles. The Balaban J connectivity index is 1.69. The maximum absolute atomic E-state index is 13.3. The van der Waals surface area contributed by atoms with Crippen molar-refractivity contribution in [1.82, 2.24) is 9.55 Å². The van der Waals surface area contributed by atoms with E-state index in [9.17, 15) is 9.59 Å². The molecule has 0 saturated carbocycles. The van der Waals surface area contributed by atoms with Crippen LogP contribution in [0.1, 0.15) is 13.0 Å². The minimum Gasteiger partial charge on any atom is -0.497 e. The lowest BCUT2D eigenvalue weighted by Crippen LogP contribution is -2.31. The SMILES string of the molecule is COc1ccc(-c2csc3ncn(C(C)C(=O)Nc4ccc(Cl)cc4)c(=O)c23)cc1. The highest BCUT2D eigenvalue weighted by Crippen LogP contribution is 2.31. The Labute approximate surface area is 181 Å². The van der Waals surface area contributed by atoms with Crippen molar-refractivity contribution in [2.45, 2.75) is 13.0 Å². The number of carbonyl (C=O) groups is 1. The maximum atomic E-state index is 13.3. The van der Waals surface area contributed by atoms with Gasteiger partial charge < -0.3 is 10.1 Å². The Kier molecular flexibility index (Phi) is 5.57. The summed E-state index contributed by atoms with van der Waals surface area (Å²) in [6.45, 7) is 1.67. The first-order chi connectivity index (χ1) is 14.5. The average Bonchev–Trinajstić information content (AvgIpc) is 3.20. The van der Waals surface area contributed by atoms with Crippen LogP contribution >= 0.6 is 22.9 Å². The molecule has 0 radical (unpaired) electrons. The lowest BCUT2D eigenvalue weighted by atomic mass is 10.1. The maximum Gasteiger partial charge on any atom is 0.263 e. The van der Waals surface area contributed by atoms with E-state index in [4.69, 9.17) is 16.3 Å². The molecular weight excluding hydrogens is 422 g/mol. The van der Waals surface area contributed by atoms with Crippen LogP contribution in [0, 0.1) is 0 Å². The number of fused-ring (bicyclic) bond motifs is 1. The molecule has 1 atom stereocenters. The number of rotatable bonds is 5. The van der Waals surface area contributed by atoms with Crippen molar-refractivity contribution in [2.24, 2.45) is 0 Å². The van der Waals surface area contributed by atoms with Crippen LogP contribution in [0.25, 0.3) is 21.3 Å². The molecule has 4 rings (SSSR count). The van der Waals surface area contributed by atoms with E-state index in [0.717, 1.165) is 16.9 Å². The van der Waals surface area contributed by atoms with Gasteiger partial charge in [-0.2, -0.15) is 0 Å². The van der Waals surface area contributed by atoms with Gasteiger partial charge in [0.15, 0.2) is 0 Å². The normalized spacial score (nSPS) is 12.0. The lowest BCUT2D eigenvalue weighted by molar-refractivity contribution is -0.118. The molecular formula is C22H18ClN3O3S. The molecule has 0 fully saturated rings. The number of thiophene rings is 1. The van der Waals surface area contributed by atoms with E-state index in [2.05, 4.69) is 10.3 Å². The topological polar surface area (TPSA) is 73.2 Å². The first-order valence-corrected chi connectivity index (χ1v) is 10.4. The zero-order valence-corrected chi connectivity index (χ0v) is 17.8. The third-order valence-electron chi connectivity index (χ3n) is 4.83. The van der Waals surface area contributed by atoms with Crippen molar-refractivity contribution in [3.05, 3.63) is 75.6 Å². The van der Waals surface area contributed by atoms with Crippen LogP contribution < -0.4 is 15.6 Å². The number of methoxy groups -OCH3 is 1. The quantitative estimate of drug-likeness (QED) is 0.475. The second-order valence-corrected chi connectivity index (χ2v) is 7.98. The van der Waals surface area contributed by atoms with E-state index >= 15 is 0 Å². The molecule has 1 N–H and O–H groups in total. The largest absolute Gasteiger partial charge is 0.497 e. The number of hydrogen-bond acceptors (Lipinski definition) is 5. The van der Waals surface area contributed by atoms with Crippen molar-refractivity contribution in [3.63, 3.8) is 0 Å². The number of nitrogens with zero attached hydrogens (tertiary/aromatic N) is 2. The Morgan fingerprint density at radius 1 is 1.17 bits per heavy atom. The summed E-state index contributed by atoms with van der Waals surface area (Å²) in [5, 5.41) is 5.78. The van der Waals surface area contributed by atoms with Gasteiger partial charge in [-0.3, -0.25) is 14.2 Å². The Bertz CT molecular complexity index is 1260. The molecule has 152 valence electrons. The fraction of sp³-hybridized carbons (Fsp3) is 0.136. The number of anilines is 1. The molecule has 2 aromatic carbocycles. The molecule has 0 aliphatic rings. The highest BCUT2D eigenvalue weighted by Gasteiger charge is 2.20. The Morgan fingerprint density at radius 3 is 2.53 bits per heavy atom. The van der Waals surface area contributed by atoms with E-state index in [-0.39, 0.29) is 11.5 Å². The molecule has 1 amide bonds. The second-order valence-electron chi connectivity index (χ2n) is 6.69. The van der Waals surface area contributed by atoms with Gasteiger partial charge in [-0.25, -0.2) is 4.98 Å². The first kappa shape index (κ1) is 20.1. The van der Waals surface area contributed by atoms with Crippen LogP contribution in [0.3, 0.4) is 0 Å². The zero-order valence-electron chi connectivity index (χ0n) is 16.3. The molecule has 2 heterocycles. The van der Waals surface area contributed by atoms with Crippen molar-refractivity contribution in [2.75, 3.05) is 12.4 Å². The fourth-order valence-electron chi connectivity index (χ4n) is 3.11. The van der Waals surface area contributed by atoms with E-state index in [1.165, 1.54) is 22.2 Å². The Morgan fingerprint density at radius 2 is 1.87 bits per heavy atom. The predicted molar refractivity (Wildman–Crippen MR) is 121 cm³/mol. The minimum absolute atomic E-state index is 0.258. The molecule has 0 bridgehead atoms. The summed E-state index contributed by atoms with van der Waals surface area (Å²) in [6.07, 6.45) is 1.42. The standard InChI is InChI=1S/C22H18ClN3O3S/c1-13(20(27)25-16-7-5-15(23)6-8-16)26-12-24-21-19(22(26)28)18(11-30-21)14-3-9-17(29-2)10-4-14/h3-13H,1-2H3,(H,25,27). The Hall–Kier alpha value is -3.16. The van der Waals surface area contributed by atoms with Crippen LogP contribution in [-0.2, 0) is 4.79 Å². The molecule has 1 unspecified atom stereocenters. The van der Waals surface area contributed by atoms with Crippen LogP contribution in [0.4, 0.5) is 5.69 Å². The van der Waals surface area contributed by atoms with Gasteiger partial charge in [0.1, 0.15) is 16.6 Å². The van der Waals surface area contributed by atoms with E-state index < -0.39 is 6.04 Å². The van der Waals surface area contributed by atoms with Gasteiger partial charge in [0.2, 0.25) is 5.91 Å². The number of ether oxygens (including phenoxy) is 1. The van der Waals surface area contributed by atoms with Gasteiger partial charge >= 0.3 is 0 Å². The summed E-state index contributed by atoms with van der Waals surface area (Å²) in [5.74, 6) is 0.420. The second kappa shape index (κ2) is 8.30. The molecule has 6 nitrogen and oxygen atoms in total. The highest BCUT2D eigenvalue weighted by atomic mass is 35.5. The summed E-state index contributed by atoms with van der Waals surface area (Å²) in [6, 6.07) is 13.5. The third kappa shape index (κ3) is 3.81. The summed E-state index contributed by atoms with van der Waals surface area (Å²) in [5.41, 5.74) is 2.02. The van der Waals surface area contributed by atoms with Crippen molar-refractivity contribution in [1.29, 1.82) is 0 Å². The number of nitrogens with one attached hydrogen (secondary N) is 1. The number of hydrogen-bond donors (Lipinski definition) is 1. The molecule has 8 heteroatoms. The van der Waals surface area contributed by atoms with Gasteiger partial charge in [0, 0.05) is 21.7 Å². The lowest BCUT2D eigenvalue weighted by Gasteiger charge is -2.15. The zero-order chi connectivity index (χ0) is 21.3. The summed E-state index contributed by atoms with van der Waals surface area (Å²) < 4.78 is 6.56. The predicted octanol–water partition coefficient (Wildman–Crippen LogP) is 4.99. The number of halogens is 1. The summed E-state index contributed by atoms with van der Waals surface area (Å²) in [7, 11) is 1.61. The number of aromatic nitrogens is 2. The van der Waals surface area contributed by atoms with Gasteiger partial charge in [0.25, 0.3) is 5.56 Å². The van der Waals surface area contributed by atoms with Gasteiger partial charge in [-0.05, 0) is 48.9 Å². The van der Waals surface area contributed by atoms with Gasteiger partial charge in [-0.15, -0.1) is 11.3 Å². The number of carbonyl (C=O) groups excluding carboxylic acids is 1. The van der Waals surface area contributed by atoms with Crippen molar-refractivity contribution in [3.8, 4) is 16.9 Å². The van der Waals surface area contributed by atoms with Crippen molar-refractivity contribution < 1.29 is 9.53 Å². The van der Waals surface area contributed by atoms with E-state index in [0.29, 0.717) is 20.9 Å². The van der Waals surface area contributed by atoms with Crippen LogP contribution in [0.5, 0.6) is 5.75 Å². The molecule has 0 spiro atoms. The number of amides is 1. The molecule has 0 saturated heterocycles. The van der Waals surface area contributed by atoms with Crippen LogP contribution in [0.15, 0.2) is 65.0 Å². The van der Waals surface area contributed by atoms with Crippen molar-refractivity contribution >= 4 is 44.7 Å². The summed E-state index contributed by atoms with van der Waals surface area (Å²) >= 11 is 7.28. The van der Waals surface area contributed by atoms with Crippen LogP contribution in [0.2, 0.25) is 5.02 Å².